The molecule has 1 aliphatic rings. The van der Waals surface area contributed by atoms with Crippen LogP contribution in [0.5, 0.6) is 5.75 Å². The van der Waals surface area contributed by atoms with E-state index in [0.29, 0.717) is 61.1 Å². The number of carbonyl (C=O) groups is 2. The molecule has 236 valence electrons. The number of nitrogens with zero attached hydrogens (tertiary/aromatic N) is 4. The Morgan fingerprint density at radius 3 is 2.52 bits per heavy atom. The number of aldehydes is 1. The minimum atomic E-state index is -3.07. The summed E-state index contributed by atoms with van der Waals surface area (Å²) in [6.45, 7) is 5.79. The fourth-order valence-electron chi connectivity index (χ4n) is 5.30. The number of rotatable bonds is 9. The number of ether oxygens (including phenoxy) is 3. The zero-order valence-electron chi connectivity index (χ0n) is 26.1. The molecule has 1 aromatic heterocycles. The lowest BCUT2D eigenvalue weighted by Gasteiger charge is -2.33. The fourth-order valence-corrected chi connectivity index (χ4v) is 5.30. The van der Waals surface area contributed by atoms with Crippen molar-refractivity contribution in [3.8, 4) is 23.3 Å². The molecular weight excluding hydrogens is 570 g/mol. The minimum absolute atomic E-state index is 0.0143. The van der Waals surface area contributed by atoms with E-state index in [1.54, 1.807) is 15.5 Å². The number of imidazole rings is 1. The van der Waals surface area contributed by atoms with Crippen molar-refractivity contribution in [3.63, 3.8) is 0 Å². The summed E-state index contributed by atoms with van der Waals surface area (Å²) in [5.74, 6) is 6.65. The quantitative estimate of drug-likeness (QED) is 0.210. The molecule has 1 amide bonds. The Bertz CT molecular complexity index is 1530. The molecule has 0 spiro atoms. The largest absolute Gasteiger partial charge is 0.444 e. The van der Waals surface area contributed by atoms with Gasteiger partial charge in [0.15, 0.2) is 12.0 Å². The summed E-state index contributed by atoms with van der Waals surface area (Å²) in [6.07, 6.45) is 2.37. The van der Waals surface area contributed by atoms with Crippen LogP contribution in [0.25, 0.3) is 16.7 Å². The summed E-state index contributed by atoms with van der Waals surface area (Å²) >= 11 is 0. The SMILES string of the molecule is CCC(c1nc2ccc(C#CCOC3CCN(C(=O)OC(C)(C)C)CC3)cc2n1-c1c(C=O)cccc1OC(F)F)N(C)C. The topological polar surface area (TPSA) is 86.1 Å². The van der Waals surface area contributed by atoms with Crippen LogP contribution in [0.2, 0.25) is 0 Å². The molecule has 0 N–H and O–H groups in total. The Morgan fingerprint density at radius 2 is 1.91 bits per heavy atom. The van der Waals surface area contributed by atoms with E-state index in [2.05, 4.69) is 11.8 Å². The maximum absolute atomic E-state index is 13.4. The summed E-state index contributed by atoms with van der Waals surface area (Å²) < 4.78 is 44.9. The number of fused-ring (bicyclic) bond motifs is 1. The molecule has 3 aromatic rings. The highest BCUT2D eigenvalue weighted by molar-refractivity contribution is 5.87. The summed E-state index contributed by atoms with van der Waals surface area (Å²) in [7, 11) is 3.83. The van der Waals surface area contributed by atoms with Gasteiger partial charge in [-0.25, -0.2) is 9.78 Å². The second kappa shape index (κ2) is 14.2. The van der Waals surface area contributed by atoms with Gasteiger partial charge in [-0.1, -0.05) is 24.8 Å². The number of para-hydroxylation sites is 1. The average molecular weight is 611 g/mol. The predicted octanol–water partition coefficient (Wildman–Crippen LogP) is 6.22. The summed E-state index contributed by atoms with van der Waals surface area (Å²) in [5.41, 5.74) is 1.77. The molecule has 4 rings (SSSR count). The van der Waals surface area contributed by atoms with Crippen molar-refractivity contribution >= 4 is 23.4 Å². The monoisotopic (exact) mass is 610 g/mol. The standard InChI is InChI=1S/C33H40F2N4O5/c1-7-26(37(5)6)30-36-25-14-13-22(10-9-19-42-24-15-17-38(18-16-24)32(41)44-33(2,3)4)20-27(25)39(30)29-23(21-40)11-8-12-28(29)43-31(34)35/h8,11-14,20-21,24,26,31H,7,15-19H2,1-6H3. The van der Waals surface area contributed by atoms with Crippen LogP contribution < -0.4 is 4.74 Å². The zero-order valence-corrected chi connectivity index (χ0v) is 26.1. The van der Waals surface area contributed by atoms with Crippen molar-refractivity contribution in [2.75, 3.05) is 33.8 Å². The number of benzene rings is 2. The van der Waals surface area contributed by atoms with Crippen LogP contribution in [0.15, 0.2) is 36.4 Å². The van der Waals surface area contributed by atoms with E-state index in [4.69, 9.17) is 19.2 Å². The third-order valence-electron chi connectivity index (χ3n) is 7.30. The predicted molar refractivity (Wildman–Crippen MR) is 163 cm³/mol. The second-order valence-corrected chi connectivity index (χ2v) is 11.9. The van der Waals surface area contributed by atoms with Gasteiger partial charge in [-0.2, -0.15) is 8.78 Å². The van der Waals surface area contributed by atoms with Gasteiger partial charge < -0.3 is 19.1 Å². The molecule has 2 heterocycles. The number of amides is 1. The molecular formula is C33H40F2N4O5. The molecule has 44 heavy (non-hydrogen) atoms. The van der Waals surface area contributed by atoms with Crippen LogP contribution in [0.4, 0.5) is 13.6 Å². The first-order chi connectivity index (χ1) is 20.9. The lowest BCUT2D eigenvalue weighted by molar-refractivity contribution is -0.0499. The molecule has 9 nitrogen and oxygen atoms in total. The Balaban J connectivity index is 1.59. The molecule has 1 saturated heterocycles. The van der Waals surface area contributed by atoms with Gasteiger partial charge in [0.25, 0.3) is 0 Å². The van der Waals surface area contributed by atoms with Crippen LogP contribution in [0.1, 0.15) is 74.7 Å². The summed E-state index contributed by atoms with van der Waals surface area (Å²) in [5, 5.41) is 0. The van der Waals surface area contributed by atoms with Crippen molar-refractivity contribution in [3.05, 3.63) is 53.3 Å². The lowest BCUT2D eigenvalue weighted by Crippen LogP contribution is -2.43. The molecule has 0 bridgehead atoms. The highest BCUT2D eigenvalue weighted by atomic mass is 19.3. The smallest absolute Gasteiger partial charge is 0.410 e. The lowest BCUT2D eigenvalue weighted by atomic mass is 10.1. The van der Waals surface area contributed by atoms with Gasteiger partial charge in [-0.3, -0.25) is 14.3 Å². The highest BCUT2D eigenvalue weighted by Crippen LogP contribution is 2.36. The molecule has 0 saturated carbocycles. The van der Waals surface area contributed by atoms with Crippen molar-refractivity contribution in [1.29, 1.82) is 0 Å². The number of alkyl halides is 2. The third-order valence-corrected chi connectivity index (χ3v) is 7.30. The minimum Gasteiger partial charge on any atom is -0.444 e. The molecule has 1 aliphatic heterocycles. The maximum atomic E-state index is 13.4. The Hall–Kier alpha value is -4.01. The number of likely N-dealkylation sites (tertiary alicyclic amines) is 1. The normalized spacial score (nSPS) is 14.9. The molecule has 1 fully saturated rings. The molecule has 2 aromatic carbocycles. The first-order valence-corrected chi connectivity index (χ1v) is 14.7. The number of piperidine rings is 1. The first-order valence-electron chi connectivity index (χ1n) is 14.7. The van der Waals surface area contributed by atoms with E-state index in [9.17, 15) is 18.4 Å². The molecule has 1 atom stereocenters. The van der Waals surface area contributed by atoms with Gasteiger partial charge in [0.2, 0.25) is 0 Å². The molecule has 0 radical (unpaired) electrons. The number of hydrogen-bond donors (Lipinski definition) is 0. The van der Waals surface area contributed by atoms with Crippen LogP contribution in [-0.2, 0) is 9.47 Å². The number of aromatic nitrogens is 2. The van der Waals surface area contributed by atoms with Crippen LogP contribution >= 0.6 is 0 Å². The van der Waals surface area contributed by atoms with Crippen molar-refractivity contribution in [2.45, 2.75) is 71.3 Å². The Kier molecular flexibility index (Phi) is 10.6. The van der Waals surface area contributed by atoms with E-state index < -0.39 is 12.2 Å². The molecule has 0 aliphatic carbocycles. The van der Waals surface area contributed by atoms with Crippen LogP contribution in [0, 0.1) is 11.8 Å². The van der Waals surface area contributed by atoms with E-state index >= 15 is 0 Å². The second-order valence-electron chi connectivity index (χ2n) is 11.9. The average Bonchev–Trinajstić information content (AvgIpc) is 3.32. The summed E-state index contributed by atoms with van der Waals surface area (Å²) in [4.78, 5) is 33.0. The Labute approximate surface area is 257 Å². The van der Waals surface area contributed by atoms with Crippen molar-refractivity contribution in [1.82, 2.24) is 19.4 Å². The van der Waals surface area contributed by atoms with Gasteiger partial charge >= 0.3 is 12.7 Å². The van der Waals surface area contributed by atoms with Gasteiger partial charge in [-0.15, -0.1) is 0 Å². The number of carbonyl (C=O) groups excluding carboxylic acids is 2. The van der Waals surface area contributed by atoms with Crippen molar-refractivity contribution in [2.24, 2.45) is 0 Å². The van der Waals surface area contributed by atoms with Gasteiger partial charge in [0.1, 0.15) is 23.7 Å². The fraction of sp³-hybridized carbons (Fsp3) is 0.485. The van der Waals surface area contributed by atoms with E-state index in [1.165, 1.54) is 12.1 Å². The highest BCUT2D eigenvalue weighted by Gasteiger charge is 2.28. The molecule has 11 heteroatoms. The van der Waals surface area contributed by atoms with Crippen LogP contribution in [0.3, 0.4) is 0 Å². The number of halogens is 2. The zero-order chi connectivity index (χ0) is 32.0. The summed E-state index contributed by atoms with van der Waals surface area (Å²) in [6, 6.07) is 9.80. The first kappa shape index (κ1) is 32.9. The van der Waals surface area contributed by atoms with E-state index in [0.717, 1.165) is 0 Å². The van der Waals surface area contributed by atoms with E-state index in [-0.39, 0.29) is 41.8 Å². The van der Waals surface area contributed by atoms with Gasteiger partial charge in [0, 0.05) is 24.2 Å². The maximum Gasteiger partial charge on any atom is 0.410 e. The third kappa shape index (κ3) is 7.92. The van der Waals surface area contributed by atoms with Crippen LogP contribution in [-0.4, -0.2) is 83.8 Å². The molecule has 1 unspecified atom stereocenters. The van der Waals surface area contributed by atoms with E-state index in [1.807, 2.05) is 64.9 Å². The van der Waals surface area contributed by atoms with Crippen molar-refractivity contribution < 1.29 is 32.6 Å². The van der Waals surface area contributed by atoms with Gasteiger partial charge in [-0.05, 0) is 84.5 Å². The number of hydrogen-bond acceptors (Lipinski definition) is 7. The Morgan fingerprint density at radius 1 is 1.18 bits per heavy atom. The van der Waals surface area contributed by atoms with Gasteiger partial charge in [0.05, 0.1) is 23.2 Å².